The maximum atomic E-state index is 10.1. The Balaban J connectivity index is 2.03. The molecule has 0 saturated heterocycles. The van der Waals surface area contributed by atoms with Crippen molar-refractivity contribution in [3.63, 3.8) is 0 Å². The SMILES string of the molecule is OC(CC(O)c1ccc(Cl)cc1)c1ccc(Cl)cc1. The first-order valence-corrected chi connectivity index (χ1v) is 6.69. The standard InChI is InChI=1S/C15H14Cl2O2/c16-12-5-1-10(2-6-12)14(18)9-15(19)11-3-7-13(17)8-4-11/h1-8,14-15,18-19H,9H2. The second-order valence-corrected chi connectivity index (χ2v) is 5.24. The molecular formula is C15H14Cl2O2. The number of benzene rings is 2. The lowest BCUT2D eigenvalue weighted by molar-refractivity contribution is 0.0804. The third kappa shape index (κ3) is 3.95. The highest BCUT2D eigenvalue weighted by molar-refractivity contribution is 6.30. The third-order valence-electron chi connectivity index (χ3n) is 2.96. The molecule has 100 valence electrons. The predicted molar refractivity (Wildman–Crippen MR) is 77.4 cm³/mol. The van der Waals surface area contributed by atoms with Crippen LogP contribution in [-0.4, -0.2) is 10.2 Å². The van der Waals surface area contributed by atoms with E-state index in [1.165, 1.54) is 0 Å². The molecule has 0 saturated carbocycles. The molecule has 2 aromatic carbocycles. The molecule has 0 bridgehead atoms. The zero-order valence-corrected chi connectivity index (χ0v) is 11.6. The first kappa shape index (κ1) is 14.4. The maximum Gasteiger partial charge on any atom is 0.0818 e. The summed E-state index contributed by atoms with van der Waals surface area (Å²) in [4.78, 5) is 0. The molecule has 2 N–H and O–H groups in total. The van der Waals surface area contributed by atoms with Crippen molar-refractivity contribution in [2.24, 2.45) is 0 Å². The van der Waals surface area contributed by atoms with Crippen LogP contribution >= 0.6 is 23.2 Å². The molecule has 2 nitrogen and oxygen atoms in total. The largest absolute Gasteiger partial charge is 0.388 e. The van der Waals surface area contributed by atoms with E-state index in [0.29, 0.717) is 10.0 Å². The lowest BCUT2D eigenvalue weighted by atomic mass is 9.99. The van der Waals surface area contributed by atoms with Gasteiger partial charge < -0.3 is 10.2 Å². The normalized spacial score (nSPS) is 14.1. The summed E-state index contributed by atoms with van der Waals surface area (Å²) in [6.07, 6.45) is -1.24. The number of halogens is 2. The van der Waals surface area contributed by atoms with Crippen molar-refractivity contribution >= 4 is 23.2 Å². The number of rotatable bonds is 4. The summed E-state index contributed by atoms with van der Waals surface area (Å²) in [7, 11) is 0. The van der Waals surface area contributed by atoms with E-state index in [2.05, 4.69) is 0 Å². The van der Waals surface area contributed by atoms with E-state index in [4.69, 9.17) is 23.2 Å². The Morgan fingerprint density at radius 3 is 1.32 bits per heavy atom. The van der Waals surface area contributed by atoms with Gasteiger partial charge in [-0.25, -0.2) is 0 Å². The van der Waals surface area contributed by atoms with Gasteiger partial charge in [0.05, 0.1) is 12.2 Å². The van der Waals surface area contributed by atoms with Crippen LogP contribution in [0.3, 0.4) is 0 Å². The molecule has 0 radical (unpaired) electrons. The molecule has 2 atom stereocenters. The summed E-state index contributed by atoms with van der Waals surface area (Å²) >= 11 is 11.6. The summed E-state index contributed by atoms with van der Waals surface area (Å²) in [5, 5.41) is 21.4. The van der Waals surface area contributed by atoms with Crippen molar-refractivity contribution in [3.8, 4) is 0 Å². The Labute approximate surface area is 122 Å². The van der Waals surface area contributed by atoms with Gasteiger partial charge in [-0.3, -0.25) is 0 Å². The number of aliphatic hydroxyl groups excluding tert-OH is 2. The molecule has 2 aromatic rings. The quantitative estimate of drug-likeness (QED) is 0.890. The van der Waals surface area contributed by atoms with Crippen molar-refractivity contribution < 1.29 is 10.2 Å². The first-order chi connectivity index (χ1) is 9.06. The lowest BCUT2D eigenvalue weighted by Gasteiger charge is -2.16. The molecule has 0 aromatic heterocycles. The van der Waals surface area contributed by atoms with Crippen molar-refractivity contribution in [2.45, 2.75) is 18.6 Å². The Bertz CT molecular complexity index is 473. The minimum absolute atomic E-state index is 0.225. The number of aliphatic hydroxyl groups is 2. The molecule has 0 fully saturated rings. The second kappa shape index (κ2) is 6.40. The van der Waals surface area contributed by atoms with Crippen molar-refractivity contribution in [1.29, 1.82) is 0 Å². The Morgan fingerprint density at radius 2 is 1.00 bits per heavy atom. The van der Waals surface area contributed by atoms with E-state index >= 15 is 0 Å². The predicted octanol–water partition coefficient (Wildman–Crippen LogP) is 4.15. The van der Waals surface area contributed by atoms with Gasteiger partial charge in [0.1, 0.15) is 0 Å². The van der Waals surface area contributed by atoms with Gasteiger partial charge in [-0.05, 0) is 35.4 Å². The maximum absolute atomic E-state index is 10.1. The molecule has 0 amide bonds. The highest BCUT2D eigenvalue weighted by Crippen LogP contribution is 2.27. The van der Waals surface area contributed by atoms with Gasteiger partial charge in [0.15, 0.2) is 0 Å². The highest BCUT2D eigenvalue weighted by atomic mass is 35.5. The van der Waals surface area contributed by atoms with Crippen LogP contribution in [0.4, 0.5) is 0 Å². The fraction of sp³-hybridized carbons (Fsp3) is 0.200. The van der Waals surface area contributed by atoms with Crippen LogP contribution in [0.5, 0.6) is 0 Å². The van der Waals surface area contributed by atoms with Crippen LogP contribution < -0.4 is 0 Å². The molecule has 4 heteroatoms. The molecule has 2 unspecified atom stereocenters. The fourth-order valence-corrected chi connectivity index (χ4v) is 2.11. The van der Waals surface area contributed by atoms with Crippen molar-refractivity contribution in [2.75, 3.05) is 0 Å². The second-order valence-electron chi connectivity index (χ2n) is 4.37. The van der Waals surface area contributed by atoms with Crippen LogP contribution in [0.2, 0.25) is 10.0 Å². The molecule has 0 spiro atoms. The van der Waals surface area contributed by atoms with Crippen LogP contribution in [-0.2, 0) is 0 Å². The monoisotopic (exact) mass is 296 g/mol. The average Bonchev–Trinajstić information content (AvgIpc) is 2.40. The summed E-state index contributed by atoms with van der Waals surface area (Å²) < 4.78 is 0. The fourth-order valence-electron chi connectivity index (χ4n) is 1.85. The van der Waals surface area contributed by atoms with Gasteiger partial charge in [0, 0.05) is 16.5 Å². The topological polar surface area (TPSA) is 40.5 Å². The van der Waals surface area contributed by atoms with E-state index in [1.54, 1.807) is 48.5 Å². The molecule has 0 aliphatic heterocycles. The van der Waals surface area contributed by atoms with Gasteiger partial charge in [-0.15, -0.1) is 0 Å². The average molecular weight is 297 g/mol. The third-order valence-corrected chi connectivity index (χ3v) is 3.46. The molecular weight excluding hydrogens is 283 g/mol. The molecule has 19 heavy (non-hydrogen) atoms. The van der Waals surface area contributed by atoms with Gasteiger partial charge in [0.25, 0.3) is 0 Å². The van der Waals surface area contributed by atoms with Gasteiger partial charge in [-0.2, -0.15) is 0 Å². The van der Waals surface area contributed by atoms with Crippen molar-refractivity contribution in [1.82, 2.24) is 0 Å². The molecule has 0 aliphatic rings. The smallest absolute Gasteiger partial charge is 0.0818 e. The summed E-state index contributed by atoms with van der Waals surface area (Å²) in [5.74, 6) is 0. The van der Waals surface area contributed by atoms with Crippen LogP contribution in [0.15, 0.2) is 48.5 Å². The molecule has 2 rings (SSSR count). The minimum atomic E-state index is -0.733. The van der Waals surface area contributed by atoms with E-state index in [-0.39, 0.29) is 6.42 Å². The van der Waals surface area contributed by atoms with E-state index < -0.39 is 12.2 Å². The van der Waals surface area contributed by atoms with Crippen molar-refractivity contribution in [3.05, 3.63) is 69.7 Å². The Hall–Kier alpha value is -1.06. The van der Waals surface area contributed by atoms with Gasteiger partial charge in [-0.1, -0.05) is 47.5 Å². The van der Waals surface area contributed by atoms with Crippen LogP contribution in [0.25, 0.3) is 0 Å². The highest BCUT2D eigenvalue weighted by Gasteiger charge is 2.15. The number of hydrogen-bond donors (Lipinski definition) is 2. The molecule has 0 aliphatic carbocycles. The van der Waals surface area contributed by atoms with Gasteiger partial charge in [0.2, 0.25) is 0 Å². The van der Waals surface area contributed by atoms with Crippen LogP contribution in [0.1, 0.15) is 29.8 Å². The zero-order chi connectivity index (χ0) is 13.8. The van der Waals surface area contributed by atoms with Gasteiger partial charge >= 0.3 is 0 Å². The molecule has 0 heterocycles. The van der Waals surface area contributed by atoms with E-state index in [1.807, 2.05) is 0 Å². The summed E-state index contributed by atoms with van der Waals surface area (Å²) in [5.41, 5.74) is 1.47. The minimum Gasteiger partial charge on any atom is -0.388 e. The Kier molecular flexibility index (Phi) is 4.83. The zero-order valence-electron chi connectivity index (χ0n) is 10.1. The lowest BCUT2D eigenvalue weighted by Crippen LogP contribution is -2.05. The van der Waals surface area contributed by atoms with Crippen LogP contribution in [0, 0.1) is 0 Å². The van der Waals surface area contributed by atoms with E-state index in [0.717, 1.165) is 11.1 Å². The first-order valence-electron chi connectivity index (χ1n) is 5.93. The van der Waals surface area contributed by atoms with E-state index in [9.17, 15) is 10.2 Å². The Morgan fingerprint density at radius 1 is 0.684 bits per heavy atom. The summed E-state index contributed by atoms with van der Waals surface area (Å²) in [6, 6.07) is 13.9. The number of hydrogen-bond acceptors (Lipinski definition) is 2. The summed E-state index contributed by atoms with van der Waals surface area (Å²) in [6.45, 7) is 0.